The van der Waals surface area contributed by atoms with E-state index in [1.165, 1.54) is 22.9 Å². The molecular formula is C23H26N4OS. The Bertz CT molecular complexity index is 925. The van der Waals surface area contributed by atoms with Gasteiger partial charge in [-0.3, -0.25) is 4.79 Å². The van der Waals surface area contributed by atoms with Crippen LogP contribution in [0.1, 0.15) is 17.0 Å². The van der Waals surface area contributed by atoms with Gasteiger partial charge in [-0.2, -0.15) is 0 Å². The molecule has 0 spiro atoms. The highest BCUT2D eigenvalue weighted by atomic mass is 32.2. The number of thioether (sulfide) groups is 1. The lowest BCUT2D eigenvalue weighted by molar-refractivity contribution is -0.127. The second-order valence-electron chi connectivity index (χ2n) is 6.75. The number of hydrogen-bond acceptors (Lipinski definition) is 4. The first-order chi connectivity index (χ1) is 14.2. The molecule has 1 aromatic heterocycles. The molecule has 6 heteroatoms. The predicted octanol–water partition coefficient (Wildman–Crippen LogP) is 3.98. The molecule has 29 heavy (non-hydrogen) atoms. The molecule has 0 fully saturated rings. The molecule has 150 valence electrons. The van der Waals surface area contributed by atoms with E-state index in [9.17, 15) is 4.79 Å². The molecule has 3 rings (SSSR count). The highest BCUT2D eigenvalue weighted by Crippen LogP contribution is 2.19. The maximum atomic E-state index is 12.8. The van der Waals surface area contributed by atoms with E-state index in [0.29, 0.717) is 25.4 Å². The summed E-state index contributed by atoms with van der Waals surface area (Å²) in [6, 6.07) is 20.4. The minimum absolute atomic E-state index is 0.0812. The van der Waals surface area contributed by atoms with Crippen molar-refractivity contribution >= 4 is 17.7 Å². The Hall–Kier alpha value is -2.86. The van der Waals surface area contributed by atoms with Crippen LogP contribution in [0.5, 0.6) is 0 Å². The van der Waals surface area contributed by atoms with Crippen LogP contribution in [0.4, 0.5) is 0 Å². The zero-order valence-corrected chi connectivity index (χ0v) is 17.5. The van der Waals surface area contributed by atoms with Crippen LogP contribution in [-0.2, 0) is 17.8 Å². The Morgan fingerprint density at radius 2 is 1.72 bits per heavy atom. The molecule has 0 aliphatic rings. The van der Waals surface area contributed by atoms with E-state index < -0.39 is 0 Å². The van der Waals surface area contributed by atoms with Gasteiger partial charge in [-0.15, -0.1) is 16.8 Å². The molecule has 0 bridgehead atoms. The molecule has 2 aromatic carbocycles. The van der Waals surface area contributed by atoms with E-state index in [-0.39, 0.29) is 5.91 Å². The van der Waals surface area contributed by atoms with E-state index in [2.05, 4.69) is 45.6 Å². The zero-order chi connectivity index (χ0) is 20.5. The molecule has 0 aliphatic heterocycles. The van der Waals surface area contributed by atoms with Gasteiger partial charge in [0.1, 0.15) is 5.82 Å². The van der Waals surface area contributed by atoms with E-state index in [1.807, 2.05) is 48.2 Å². The fraction of sp³-hybridized carbons (Fsp3) is 0.261. The molecule has 0 unspecified atom stereocenters. The number of carbonyl (C=O) groups excluding carboxylic acids is 1. The second-order valence-corrected chi connectivity index (χ2v) is 7.70. The Balaban J connectivity index is 1.60. The smallest absolute Gasteiger partial charge is 0.233 e. The van der Waals surface area contributed by atoms with Gasteiger partial charge in [0.2, 0.25) is 5.91 Å². The van der Waals surface area contributed by atoms with Gasteiger partial charge >= 0.3 is 0 Å². The van der Waals surface area contributed by atoms with Crippen LogP contribution in [0, 0.1) is 6.92 Å². The molecule has 1 heterocycles. The minimum atomic E-state index is 0.0812. The monoisotopic (exact) mass is 406 g/mol. The molecule has 3 aromatic rings. The van der Waals surface area contributed by atoms with Crippen molar-refractivity contribution in [2.24, 2.45) is 0 Å². The average molecular weight is 407 g/mol. The van der Waals surface area contributed by atoms with Gasteiger partial charge in [0.25, 0.3) is 0 Å². The summed E-state index contributed by atoms with van der Waals surface area (Å²) in [6.07, 6.45) is 2.60. The summed E-state index contributed by atoms with van der Waals surface area (Å²) < 4.78 is 2.05. The van der Waals surface area contributed by atoms with Crippen LogP contribution < -0.4 is 0 Å². The molecule has 0 radical (unpaired) electrons. The molecule has 1 amide bonds. The number of hydrogen-bond donors (Lipinski definition) is 0. The van der Waals surface area contributed by atoms with Crippen molar-refractivity contribution in [3.8, 4) is 0 Å². The van der Waals surface area contributed by atoms with Crippen molar-refractivity contribution in [3.05, 3.63) is 90.3 Å². The lowest BCUT2D eigenvalue weighted by Gasteiger charge is -2.21. The second kappa shape index (κ2) is 10.6. The fourth-order valence-corrected chi connectivity index (χ4v) is 3.90. The number of amides is 1. The third-order valence-corrected chi connectivity index (χ3v) is 5.58. The Kier molecular flexibility index (Phi) is 7.64. The molecular weight excluding hydrogens is 380 g/mol. The first kappa shape index (κ1) is 20.9. The lowest BCUT2D eigenvalue weighted by atomic mass is 10.1. The fourth-order valence-electron chi connectivity index (χ4n) is 3.02. The Labute approximate surface area is 176 Å². The lowest BCUT2D eigenvalue weighted by Crippen LogP contribution is -2.34. The first-order valence-corrected chi connectivity index (χ1v) is 10.6. The molecule has 0 saturated carbocycles. The van der Waals surface area contributed by atoms with Crippen LogP contribution in [0.2, 0.25) is 0 Å². The molecule has 5 nitrogen and oxygen atoms in total. The van der Waals surface area contributed by atoms with Crippen molar-refractivity contribution in [1.82, 2.24) is 19.7 Å². The standard InChI is InChI=1S/C23H26N4OS/c1-3-15-26(16-14-20-10-6-4-7-11-20)22(28)18-29-23-25-24-19(2)27(23)17-21-12-8-5-9-13-21/h3-13H,1,14-18H2,2H3. The topological polar surface area (TPSA) is 51.0 Å². The maximum Gasteiger partial charge on any atom is 0.233 e. The summed E-state index contributed by atoms with van der Waals surface area (Å²) in [5.41, 5.74) is 2.40. The van der Waals surface area contributed by atoms with E-state index in [0.717, 1.165) is 17.4 Å². The van der Waals surface area contributed by atoms with Crippen LogP contribution in [-0.4, -0.2) is 44.4 Å². The Morgan fingerprint density at radius 1 is 1.07 bits per heavy atom. The van der Waals surface area contributed by atoms with Crippen LogP contribution in [0.25, 0.3) is 0 Å². The summed E-state index contributed by atoms with van der Waals surface area (Å²) in [4.78, 5) is 14.6. The SMILES string of the molecule is C=CCN(CCc1ccccc1)C(=O)CSc1nnc(C)n1Cc1ccccc1. The average Bonchev–Trinajstić information content (AvgIpc) is 3.10. The summed E-state index contributed by atoms with van der Waals surface area (Å²) in [5.74, 6) is 1.25. The third-order valence-electron chi connectivity index (χ3n) is 4.63. The van der Waals surface area contributed by atoms with E-state index >= 15 is 0 Å². The van der Waals surface area contributed by atoms with E-state index in [4.69, 9.17) is 0 Å². The van der Waals surface area contributed by atoms with Gasteiger partial charge in [-0.1, -0.05) is 78.5 Å². The van der Waals surface area contributed by atoms with Gasteiger partial charge in [-0.05, 0) is 24.5 Å². The molecule has 0 saturated heterocycles. The maximum absolute atomic E-state index is 12.8. The molecule has 0 atom stereocenters. The van der Waals surface area contributed by atoms with Crippen molar-refractivity contribution in [1.29, 1.82) is 0 Å². The number of aryl methyl sites for hydroxylation is 1. The molecule has 0 aliphatic carbocycles. The van der Waals surface area contributed by atoms with Crippen LogP contribution in [0.15, 0.2) is 78.5 Å². The van der Waals surface area contributed by atoms with Crippen molar-refractivity contribution in [2.75, 3.05) is 18.8 Å². The highest BCUT2D eigenvalue weighted by Gasteiger charge is 2.16. The first-order valence-electron chi connectivity index (χ1n) is 9.66. The number of aromatic nitrogens is 3. The normalized spacial score (nSPS) is 10.7. The van der Waals surface area contributed by atoms with E-state index in [1.54, 1.807) is 6.08 Å². The van der Waals surface area contributed by atoms with Crippen molar-refractivity contribution in [3.63, 3.8) is 0 Å². The quantitative estimate of drug-likeness (QED) is 0.377. The predicted molar refractivity (Wildman–Crippen MR) is 118 cm³/mol. The van der Waals surface area contributed by atoms with Gasteiger partial charge in [0.15, 0.2) is 5.16 Å². The highest BCUT2D eigenvalue weighted by molar-refractivity contribution is 7.99. The van der Waals surface area contributed by atoms with Crippen molar-refractivity contribution in [2.45, 2.75) is 25.0 Å². The minimum Gasteiger partial charge on any atom is -0.338 e. The van der Waals surface area contributed by atoms with Gasteiger partial charge in [0.05, 0.1) is 12.3 Å². The Morgan fingerprint density at radius 3 is 2.38 bits per heavy atom. The molecule has 0 N–H and O–H groups in total. The number of carbonyl (C=O) groups is 1. The van der Waals surface area contributed by atoms with Crippen LogP contribution >= 0.6 is 11.8 Å². The summed E-state index contributed by atoms with van der Waals surface area (Å²) in [7, 11) is 0. The van der Waals surface area contributed by atoms with Gasteiger partial charge < -0.3 is 9.47 Å². The van der Waals surface area contributed by atoms with Gasteiger partial charge in [0, 0.05) is 13.1 Å². The van der Waals surface area contributed by atoms with Crippen molar-refractivity contribution < 1.29 is 4.79 Å². The largest absolute Gasteiger partial charge is 0.338 e. The summed E-state index contributed by atoms with van der Waals surface area (Å²) in [6.45, 7) is 7.64. The number of nitrogens with zero attached hydrogens (tertiary/aromatic N) is 4. The van der Waals surface area contributed by atoms with Gasteiger partial charge in [-0.25, -0.2) is 0 Å². The number of benzene rings is 2. The van der Waals surface area contributed by atoms with Crippen LogP contribution in [0.3, 0.4) is 0 Å². The summed E-state index contributed by atoms with van der Waals surface area (Å²) in [5, 5.41) is 9.23. The zero-order valence-electron chi connectivity index (χ0n) is 16.7. The summed E-state index contributed by atoms with van der Waals surface area (Å²) >= 11 is 1.43. The third kappa shape index (κ3) is 6.06. The number of rotatable bonds is 10.